The number of rotatable bonds is 7. The van der Waals surface area contributed by atoms with Crippen LogP contribution in [0.25, 0.3) is 55.7 Å². The number of ether oxygens (including phenoxy) is 1. The fourth-order valence-electron chi connectivity index (χ4n) is 4.18. The summed E-state index contributed by atoms with van der Waals surface area (Å²) in [6, 6.07) is 12.0. The maximum Gasteiger partial charge on any atom is 0.138 e. The minimum Gasteiger partial charge on any atom is -0.491 e. The number of hydrogen-bond donors (Lipinski definition) is 2. The lowest BCUT2D eigenvalue weighted by molar-refractivity contribution is 0.261. The van der Waals surface area contributed by atoms with Crippen molar-refractivity contribution in [3.05, 3.63) is 73.6 Å². The molecule has 6 heterocycles. The Hall–Kier alpha value is -4.63. The Labute approximate surface area is 207 Å². The summed E-state index contributed by atoms with van der Waals surface area (Å²) in [6.07, 6.45) is 10.7. The van der Waals surface area contributed by atoms with Crippen molar-refractivity contribution in [2.75, 3.05) is 27.2 Å². The summed E-state index contributed by atoms with van der Waals surface area (Å²) in [4.78, 5) is 23.4. The fraction of sp³-hybridized carbons (Fsp3) is 0.148. The van der Waals surface area contributed by atoms with Crippen LogP contribution in [-0.2, 0) is 0 Å². The molecule has 0 aliphatic rings. The summed E-state index contributed by atoms with van der Waals surface area (Å²) >= 11 is 0. The normalized spacial score (nSPS) is 11.5. The lowest BCUT2D eigenvalue weighted by Crippen LogP contribution is -2.19. The Balaban J connectivity index is 1.38. The number of likely N-dealkylation sites (N-methyl/N-ethyl adjacent to an activating group) is 1. The molecule has 0 spiro atoms. The molecule has 9 nitrogen and oxygen atoms in total. The summed E-state index contributed by atoms with van der Waals surface area (Å²) in [5, 5.41) is 9.67. The van der Waals surface area contributed by atoms with Gasteiger partial charge in [-0.3, -0.25) is 25.0 Å². The van der Waals surface area contributed by atoms with Crippen molar-refractivity contribution in [2.45, 2.75) is 0 Å². The summed E-state index contributed by atoms with van der Waals surface area (Å²) in [6.45, 7) is 1.42. The highest BCUT2D eigenvalue weighted by molar-refractivity contribution is 6.00. The number of fused-ring (bicyclic) bond motifs is 2. The van der Waals surface area contributed by atoms with Crippen LogP contribution >= 0.6 is 0 Å². The second kappa shape index (κ2) is 9.20. The number of aromatic amines is 2. The lowest BCUT2D eigenvalue weighted by atomic mass is 10.1. The van der Waals surface area contributed by atoms with Crippen molar-refractivity contribution in [1.29, 1.82) is 0 Å². The Morgan fingerprint density at radius 1 is 0.833 bits per heavy atom. The van der Waals surface area contributed by atoms with Crippen molar-refractivity contribution in [2.24, 2.45) is 0 Å². The third-order valence-corrected chi connectivity index (χ3v) is 6.00. The molecule has 0 atom stereocenters. The fourth-order valence-corrected chi connectivity index (χ4v) is 4.18. The minimum atomic E-state index is 0.590. The van der Waals surface area contributed by atoms with Gasteiger partial charge in [0.05, 0.1) is 35.0 Å². The van der Waals surface area contributed by atoms with Crippen LogP contribution in [0.4, 0.5) is 0 Å². The van der Waals surface area contributed by atoms with Gasteiger partial charge in [0.2, 0.25) is 0 Å². The first kappa shape index (κ1) is 21.9. The van der Waals surface area contributed by atoms with Gasteiger partial charge in [-0.15, -0.1) is 0 Å². The van der Waals surface area contributed by atoms with Crippen LogP contribution in [0.1, 0.15) is 0 Å². The smallest absolute Gasteiger partial charge is 0.138 e. The molecule has 9 heteroatoms. The molecule has 6 aromatic rings. The van der Waals surface area contributed by atoms with Gasteiger partial charge in [0.1, 0.15) is 18.1 Å². The zero-order valence-electron chi connectivity index (χ0n) is 19.9. The highest BCUT2D eigenvalue weighted by atomic mass is 16.5. The van der Waals surface area contributed by atoms with Crippen LogP contribution in [0.2, 0.25) is 0 Å². The van der Waals surface area contributed by atoms with Gasteiger partial charge in [0.15, 0.2) is 0 Å². The third kappa shape index (κ3) is 4.16. The molecule has 0 radical (unpaired) electrons. The number of nitrogens with zero attached hydrogens (tertiary/aromatic N) is 6. The Kier molecular flexibility index (Phi) is 5.59. The van der Waals surface area contributed by atoms with E-state index >= 15 is 0 Å². The molecule has 36 heavy (non-hydrogen) atoms. The van der Waals surface area contributed by atoms with E-state index < -0.39 is 0 Å². The third-order valence-electron chi connectivity index (χ3n) is 6.00. The van der Waals surface area contributed by atoms with Crippen molar-refractivity contribution in [1.82, 2.24) is 40.0 Å². The molecule has 0 unspecified atom stereocenters. The minimum absolute atomic E-state index is 0.590. The van der Waals surface area contributed by atoms with Crippen LogP contribution in [0, 0.1) is 0 Å². The summed E-state index contributed by atoms with van der Waals surface area (Å²) in [7, 11) is 4.03. The topological polar surface area (TPSA) is 109 Å². The number of hydrogen-bond acceptors (Lipinski definition) is 7. The second-order valence-electron chi connectivity index (χ2n) is 8.79. The van der Waals surface area contributed by atoms with E-state index in [-0.39, 0.29) is 0 Å². The monoisotopic (exact) mass is 476 g/mol. The van der Waals surface area contributed by atoms with E-state index in [2.05, 4.69) is 46.1 Å². The van der Waals surface area contributed by atoms with Gasteiger partial charge < -0.3 is 14.6 Å². The number of nitrogens with one attached hydrogen (secondary N) is 2. The zero-order valence-corrected chi connectivity index (χ0v) is 19.9. The molecular formula is C27H24N8O. The molecule has 0 bridgehead atoms. The standard InChI is InChI=1S/C27H24N8O/c1-35(2)8-9-36-19-10-18(14-29-15-19)23-11-21-25(16-31-23)33-34-27(21)24-12-20-22(32-24)5-7-30-26(20)17-4-3-6-28-13-17/h3-7,10-16,32H,8-9H2,1-2H3,(H,33,34). The molecule has 6 rings (SSSR count). The SMILES string of the molecule is CN(C)CCOc1cncc(-c2cc3c(-c4cc5c(-c6cccnc6)nccc5[nH]4)n[nH]c3cn2)c1. The largest absolute Gasteiger partial charge is 0.491 e. The maximum atomic E-state index is 5.86. The first-order valence-electron chi connectivity index (χ1n) is 11.6. The van der Waals surface area contributed by atoms with Crippen molar-refractivity contribution in [3.63, 3.8) is 0 Å². The van der Waals surface area contributed by atoms with Gasteiger partial charge in [-0.1, -0.05) is 0 Å². The Morgan fingerprint density at radius 3 is 2.58 bits per heavy atom. The van der Waals surface area contributed by atoms with Crippen molar-refractivity contribution in [3.8, 4) is 39.7 Å². The van der Waals surface area contributed by atoms with Crippen molar-refractivity contribution < 1.29 is 4.74 Å². The first-order chi connectivity index (χ1) is 17.7. The van der Waals surface area contributed by atoms with Crippen LogP contribution in [0.15, 0.2) is 73.6 Å². The maximum absolute atomic E-state index is 5.86. The van der Waals surface area contributed by atoms with E-state index in [1.165, 1.54) is 0 Å². The molecule has 0 aliphatic carbocycles. The van der Waals surface area contributed by atoms with Gasteiger partial charge in [-0.2, -0.15) is 5.10 Å². The van der Waals surface area contributed by atoms with Gasteiger partial charge in [-0.25, -0.2) is 0 Å². The van der Waals surface area contributed by atoms with Crippen molar-refractivity contribution >= 4 is 21.8 Å². The van der Waals surface area contributed by atoms with Crippen LogP contribution in [0.5, 0.6) is 5.75 Å². The molecule has 0 saturated heterocycles. The molecule has 0 aliphatic heterocycles. The van der Waals surface area contributed by atoms with Gasteiger partial charge in [0.25, 0.3) is 0 Å². The summed E-state index contributed by atoms with van der Waals surface area (Å²) in [5.41, 5.74) is 7.06. The molecule has 6 aromatic heterocycles. The van der Waals surface area contributed by atoms with E-state index in [9.17, 15) is 0 Å². The average molecular weight is 477 g/mol. The van der Waals surface area contributed by atoms with E-state index in [4.69, 9.17) is 4.74 Å². The molecular weight excluding hydrogens is 452 g/mol. The second-order valence-corrected chi connectivity index (χ2v) is 8.79. The summed E-state index contributed by atoms with van der Waals surface area (Å²) < 4.78 is 5.86. The molecule has 178 valence electrons. The highest BCUT2D eigenvalue weighted by Crippen LogP contribution is 2.33. The van der Waals surface area contributed by atoms with Gasteiger partial charge >= 0.3 is 0 Å². The number of aromatic nitrogens is 7. The predicted octanol–water partition coefficient (Wildman–Crippen LogP) is 4.57. The lowest BCUT2D eigenvalue weighted by Gasteiger charge is -2.11. The quantitative estimate of drug-likeness (QED) is 0.348. The molecule has 0 saturated carbocycles. The average Bonchev–Trinajstić information content (AvgIpc) is 3.53. The van der Waals surface area contributed by atoms with E-state index in [1.54, 1.807) is 31.0 Å². The van der Waals surface area contributed by atoms with E-state index in [0.29, 0.717) is 6.61 Å². The molecule has 0 aromatic carbocycles. The van der Waals surface area contributed by atoms with E-state index in [0.717, 1.165) is 68.0 Å². The highest BCUT2D eigenvalue weighted by Gasteiger charge is 2.15. The first-order valence-corrected chi connectivity index (χ1v) is 11.6. The zero-order chi connectivity index (χ0) is 24.5. The Bertz CT molecular complexity index is 1660. The van der Waals surface area contributed by atoms with Crippen LogP contribution in [0.3, 0.4) is 0 Å². The summed E-state index contributed by atoms with van der Waals surface area (Å²) in [5.74, 6) is 0.717. The van der Waals surface area contributed by atoms with Crippen LogP contribution in [-0.4, -0.2) is 67.3 Å². The number of pyridine rings is 4. The van der Waals surface area contributed by atoms with E-state index in [1.807, 2.05) is 50.6 Å². The Morgan fingerprint density at radius 2 is 1.72 bits per heavy atom. The predicted molar refractivity (Wildman–Crippen MR) is 139 cm³/mol. The molecule has 0 amide bonds. The molecule has 0 fully saturated rings. The number of H-pyrrole nitrogens is 2. The van der Waals surface area contributed by atoms with Crippen LogP contribution < -0.4 is 4.74 Å². The van der Waals surface area contributed by atoms with Gasteiger partial charge in [0, 0.05) is 58.7 Å². The van der Waals surface area contributed by atoms with Gasteiger partial charge in [-0.05, 0) is 50.5 Å². The molecule has 2 N–H and O–H groups in total.